The highest BCUT2D eigenvalue weighted by atomic mass is 16.3. The van der Waals surface area contributed by atoms with Gasteiger partial charge in [-0.25, -0.2) is 0 Å². The fraction of sp³-hybridized carbons (Fsp3) is 1.00. The van der Waals surface area contributed by atoms with Gasteiger partial charge in [0.25, 0.3) is 0 Å². The van der Waals surface area contributed by atoms with Crippen LogP contribution in [0, 0.1) is 5.92 Å². The van der Waals surface area contributed by atoms with E-state index in [0.29, 0.717) is 12.5 Å². The van der Waals surface area contributed by atoms with E-state index in [9.17, 15) is 5.11 Å². The van der Waals surface area contributed by atoms with E-state index in [1.54, 1.807) is 0 Å². The number of aliphatic hydroxyl groups excluding tert-OH is 1. The average Bonchev–Trinajstić information content (AvgIpc) is 2.88. The van der Waals surface area contributed by atoms with Crippen molar-refractivity contribution in [3.8, 4) is 0 Å². The first-order valence-corrected chi connectivity index (χ1v) is 7.99. The molecule has 0 bridgehead atoms. The Balaban J connectivity index is 2.04. The summed E-state index contributed by atoms with van der Waals surface area (Å²) in [5.74, 6) is 0.666. The maximum absolute atomic E-state index is 9.96. The molecule has 4 heteroatoms. The molecule has 0 saturated carbocycles. The Kier molecular flexibility index (Phi) is 8.62. The van der Waals surface area contributed by atoms with E-state index in [-0.39, 0.29) is 6.10 Å². The first-order valence-electron chi connectivity index (χ1n) is 7.99. The maximum Gasteiger partial charge on any atom is 0.0791 e. The molecule has 1 aliphatic heterocycles. The van der Waals surface area contributed by atoms with Crippen molar-refractivity contribution in [3.05, 3.63) is 0 Å². The Labute approximate surface area is 119 Å². The van der Waals surface area contributed by atoms with Gasteiger partial charge in [0.05, 0.1) is 6.10 Å². The van der Waals surface area contributed by atoms with E-state index in [1.807, 2.05) is 0 Å². The van der Waals surface area contributed by atoms with E-state index < -0.39 is 0 Å². The predicted octanol–water partition coefficient (Wildman–Crippen LogP) is 1.01. The summed E-state index contributed by atoms with van der Waals surface area (Å²) >= 11 is 0. The molecule has 1 fully saturated rings. The molecule has 0 aromatic carbocycles. The molecule has 19 heavy (non-hydrogen) atoms. The molecule has 2 N–H and O–H groups in total. The number of aliphatic hydroxyl groups is 1. The number of hydrogen-bond acceptors (Lipinski definition) is 4. The lowest BCUT2D eigenvalue weighted by Gasteiger charge is -2.24. The molecule has 1 heterocycles. The van der Waals surface area contributed by atoms with Crippen LogP contribution in [-0.2, 0) is 0 Å². The lowest BCUT2D eigenvalue weighted by molar-refractivity contribution is 0.115. The Morgan fingerprint density at radius 3 is 2.37 bits per heavy atom. The van der Waals surface area contributed by atoms with Crippen LogP contribution in [-0.4, -0.2) is 73.4 Å². The third-order valence-corrected chi connectivity index (χ3v) is 4.00. The van der Waals surface area contributed by atoms with Crippen LogP contribution < -0.4 is 5.32 Å². The van der Waals surface area contributed by atoms with Crippen molar-refractivity contribution >= 4 is 0 Å². The molecule has 1 rings (SSSR count). The smallest absolute Gasteiger partial charge is 0.0791 e. The number of likely N-dealkylation sites (N-methyl/N-ethyl adjacent to an activating group) is 1. The number of nitrogens with zero attached hydrogens (tertiary/aromatic N) is 2. The van der Waals surface area contributed by atoms with Crippen molar-refractivity contribution in [1.29, 1.82) is 0 Å². The quantitative estimate of drug-likeness (QED) is 0.622. The Morgan fingerprint density at radius 2 is 1.79 bits per heavy atom. The second kappa shape index (κ2) is 9.70. The molecule has 2 atom stereocenters. The topological polar surface area (TPSA) is 38.7 Å². The largest absolute Gasteiger partial charge is 0.390 e. The summed E-state index contributed by atoms with van der Waals surface area (Å²) in [7, 11) is 0. The van der Waals surface area contributed by atoms with Gasteiger partial charge in [0, 0.05) is 19.6 Å². The van der Waals surface area contributed by atoms with Crippen molar-refractivity contribution in [2.45, 2.75) is 39.7 Å². The zero-order valence-electron chi connectivity index (χ0n) is 13.1. The molecular weight excluding hydrogens is 238 g/mol. The fourth-order valence-electron chi connectivity index (χ4n) is 2.81. The highest BCUT2D eigenvalue weighted by Gasteiger charge is 2.15. The molecule has 114 valence electrons. The van der Waals surface area contributed by atoms with Gasteiger partial charge in [-0.1, -0.05) is 20.8 Å². The predicted molar refractivity (Wildman–Crippen MR) is 81.5 cm³/mol. The molecule has 0 aliphatic carbocycles. The lowest BCUT2D eigenvalue weighted by atomic mass is 10.1. The summed E-state index contributed by atoms with van der Waals surface area (Å²) in [4.78, 5) is 4.82. The molecule has 0 aromatic heterocycles. The second-order valence-electron chi connectivity index (χ2n) is 5.91. The van der Waals surface area contributed by atoms with Crippen LogP contribution in [0.15, 0.2) is 0 Å². The van der Waals surface area contributed by atoms with Crippen molar-refractivity contribution in [2.75, 3.05) is 52.4 Å². The minimum Gasteiger partial charge on any atom is -0.390 e. The van der Waals surface area contributed by atoms with Gasteiger partial charge in [0.1, 0.15) is 0 Å². The zero-order valence-corrected chi connectivity index (χ0v) is 13.1. The van der Waals surface area contributed by atoms with Crippen molar-refractivity contribution in [2.24, 2.45) is 5.92 Å². The highest BCUT2D eigenvalue weighted by Crippen LogP contribution is 2.09. The van der Waals surface area contributed by atoms with E-state index in [2.05, 4.69) is 35.9 Å². The zero-order chi connectivity index (χ0) is 14.1. The van der Waals surface area contributed by atoms with Gasteiger partial charge < -0.3 is 20.2 Å². The Bertz CT molecular complexity index is 205. The maximum atomic E-state index is 9.96. The molecule has 0 aromatic rings. The van der Waals surface area contributed by atoms with Gasteiger partial charge in [0.15, 0.2) is 0 Å². The molecule has 1 saturated heterocycles. The van der Waals surface area contributed by atoms with E-state index >= 15 is 0 Å². The second-order valence-corrected chi connectivity index (χ2v) is 5.91. The number of hydrogen-bond donors (Lipinski definition) is 2. The van der Waals surface area contributed by atoms with Crippen molar-refractivity contribution < 1.29 is 5.11 Å². The summed E-state index contributed by atoms with van der Waals surface area (Å²) in [6, 6.07) is 0. The van der Waals surface area contributed by atoms with E-state index in [1.165, 1.54) is 32.5 Å². The number of likely N-dealkylation sites (tertiary alicyclic amines) is 1. The van der Waals surface area contributed by atoms with Crippen LogP contribution in [0.4, 0.5) is 0 Å². The van der Waals surface area contributed by atoms with Crippen LogP contribution in [0.25, 0.3) is 0 Å². The van der Waals surface area contributed by atoms with Crippen LogP contribution >= 0.6 is 0 Å². The Morgan fingerprint density at radius 1 is 1.16 bits per heavy atom. The van der Waals surface area contributed by atoms with E-state index in [4.69, 9.17) is 0 Å². The number of nitrogens with one attached hydrogen (secondary N) is 1. The Hall–Kier alpha value is -0.160. The monoisotopic (exact) mass is 271 g/mol. The fourth-order valence-corrected chi connectivity index (χ4v) is 2.81. The number of rotatable bonds is 10. The molecule has 4 nitrogen and oxygen atoms in total. The summed E-state index contributed by atoms with van der Waals surface area (Å²) < 4.78 is 0. The average molecular weight is 271 g/mol. The summed E-state index contributed by atoms with van der Waals surface area (Å²) in [5, 5.41) is 13.4. The van der Waals surface area contributed by atoms with Crippen LogP contribution in [0.3, 0.4) is 0 Å². The normalized spacial score (nSPS) is 20.1. The summed E-state index contributed by atoms with van der Waals surface area (Å²) in [5.41, 5.74) is 0. The van der Waals surface area contributed by atoms with Crippen LogP contribution in [0.5, 0.6) is 0 Å². The molecule has 0 spiro atoms. The van der Waals surface area contributed by atoms with Gasteiger partial charge >= 0.3 is 0 Å². The third-order valence-electron chi connectivity index (χ3n) is 4.00. The first kappa shape index (κ1) is 16.9. The van der Waals surface area contributed by atoms with Gasteiger partial charge in [-0.2, -0.15) is 0 Å². The van der Waals surface area contributed by atoms with Crippen LogP contribution in [0.2, 0.25) is 0 Å². The lowest BCUT2D eigenvalue weighted by Crippen LogP contribution is -2.40. The molecule has 0 radical (unpaired) electrons. The van der Waals surface area contributed by atoms with Gasteiger partial charge in [-0.3, -0.25) is 0 Å². The van der Waals surface area contributed by atoms with Gasteiger partial charge in [0.2, 0.25) is 0 Å². The SMILES string of the molecule is CCN(CC)CC(O)CNCC(C)CN1CCCC1. The highest BCUT2D eigenvalue weighted by molar-refractivity contribution is 4.71. The molecule has 0 amide bonds. The molecule has 1 aliphatic rings. The van der Waals surface area contributed by atoms with Gasteiger partial charge in [-0.05, 0) is 51.5 Å². The summed E-state index contributed by atoms with van der Waals surface area (Å²) in [6.45, 7) is 14.8. The molecule has 2 unspecified atom stereocenters. The van der Waals surface area contributed by atoms with Crippen molar-refractivity contribution in [3.63, 3.8) is 0 Å². The standard InChI is InChI=1S/C15H33N3O/c1-4-17(5-2)13-15(19)11-16-10-14(3)12-18-8-6-7-9-18/h14-16,19H,4-13H2,1-3H3. The third kappa shape index (κ3) is 7.25. The van der Waals surface area contributed by atoms with E-state index in [0.717, 1.165) is 26.2 Å². The van der Waals surface area contributed by atoms with Crippen LogP contribution in [0.1, 0.15) is 33.6 Å². The summed E-state index contributed by atoms with van der Waals surface area (Å²) in [6.07, 6.45) is 2.48. The molecular formula is C15H33N3O. The minimum atomic E-state index is -0.251. The van der Waals surface area contributed by atoms with Gasteiger partial charge in [-0.15, -0.1) is 0 Å². The first-order chi connectivity index (χ1) is 9.15. The minimum absolute atomic E-state index is 0.251. The van der Waals surface area contributed by atoms with Crippen molar-refractivity contribution in [1.82, 2.24) is 15.1 Å².